The number of carbonyl (C=O) groups is 1. The maximum absolute atomic E-state index is 13.1. The summed E-state index contributed by atoms with van der Waals surface area (Å²) >= 11 is 0. The van der Waals surface area contributed by atoms with E-state index in [4.69, 9.17) is 9.72 Å². The van der Waals surface area contributed by atoms with E-state index in [1.807, 2.05) is 68.7 Å². The molecule has 0 saturated carbocycles. The number of nitrogens with zero attached hydrogens (tertiary/aromatic N) is 5. The van der Waals surface area contributed by atoms with Crippen molar-refractivity contribution >= 4 is 17.1 Å². The van der Waals surface area contributed by atoms with Gasteiger partial charge in [-0.15, -0.1) is 5.10 Å². The number of fused-ring (bicyclic) bond motifs is 3. The number of rotatable bonds is 3. The number of hydrogen-bond acceptors (Lipinski definition) is 6. The second-order valence-electron chi connectivity index (χ2n) is 8.67. The van der Waals surface area contributed by atoms with Crippen molar-refractivity contribution in [3.8, 4) is 17.3 Å². The molecule has 0 fully saturated rings. The Kier molecular flexibility index (Phi) is 4.50. The van der Waals surface area contributed by atoms with Gasteiger partial charge in [0.15, 0.2) is 17.3 Å². The van der Waals surface area contributed by atoms with Gasteiger partial charge in [-0.2, -0.15) is 0 Å². The Balaban J connectivity index is 1.55. The summed E-state index contributed by atoms with van der Waals surface area (Å²) in [5.41, 5.74) is 5.23. The van der Waals surface area contributed by atoms with Gasteiger partial charge in [0.1, 0.15) is 12.1 Å². The second kappa shape index (κ2) is 7.55. The van der Waals surface area contributed by atoms with Crippen molar-refractivity contribution in [1.29, 1.82) is 0 Å². The van der Waals surface area contributed by atoms with Crippen molar-refractivity contribution < 1.29 is 9.53 Å². The molecule has 3 heterocycles. The van der Waals surface area contributed by atoms with E-state index >= 15 is 0 Å². The lowest BCUT2D eigenvalue weighted by Crippen LogP contribution is -2.26. The Labute approximate surface area is 191 Å². The van der Waals surface area contributed by atoms with Crippen molar-refractivity contribution in [2.24, 2.45) is 0 Å². The Morgan fingerprint density at radius 2 is 1.82 bits per heavy atom. The van der Waals surface area contributed by atoms with Gasteiger partial charge in [-0.05, 0) is 36.2 Å². The monoisotopic (exact) mass is 437 g/mol. The minimum Gasteiger partial charge on any atom is -0.442 e. The molecule has 7 nitrogen and oxygen atoms in total. The van der Waals surface area contributed by atoms with Gasteiger partial charge in [0, 0.05) is 49.7 Å². The lowest BCUT2D eigenvalue weighted by molar-refractivity contribution is -0.116. The molecule has 0 spiro atoms. The Morgan fingerprint density at radius 3 is 2.58 bits per heavy atom. The van der Waals surface area contributed by atoms with E-state index in [-0.39, 0.29) is 11.7 Å². The van der Waals surface area contributed by atoms with Crippen LogP contribution in [-0.4, -0.2) is 39.5 Å². The standard InChI is InChI=1S/C26H23N5O2/c1-30(2)18-13-11-17(12-14-18)24-28-25-23-21(16-7-4-3-5-8-16)22-19(32)9-6-10-20(22)33-26(23)27-15-31(25)29-24/h3-5,7-8,11-15,21H,6,9-10H2,1-2H3. The molecule has 4 aromatic rings. The quantitative estimate of drug-likeness (QED) is 0.473. The second-order valence-corrected chi connectivity index (χ2v) is 8.67. The van der Waals surface area contributed by atoms with Crippen LogP contribution in [0.4, 0.5) is 5.69 Å². The summed E-state index contributed by atoms with van der Waals surface area (Å²) in [6, 6.07) is 18.2. The molecular formula is C26H23N5O2. The van der Waals surface area contributed by atoms with E-state index in [2.05, 4.69) is 15.0 Å². The number of ketones is 1. The average Bonchev–Trinajstić information content (AvgIpc) is 3.28. The largest absolute Gasteiger partial charge is 0.442 e. The maximum atomic E-state index is 13.1. The summed E-state index contributed by atoms with van der Waals surface area (Å²) in [6.07, 6.45) is 3.71. The van der Waals surface area contributed by atoms with Gasteiger partial charge in [-0.3, -0.25) is 4.79 Å². The number of benzene rings is 2. The number of carbonyl (C=O) groups excluding carboxylic acids is 1. The third-order valence-corrected chi connectivity index (χ3v) is 6.37. The number of hydrogen-bond donors (Lipinski definition) is 0. The molecule has 0 amide bonds. The predicted molar refractivity (Wildman–Crippen MR) is 125 cm³/mol. The van der Waals surface area contributed by atoms with Crippen LogP contribution in [0, 0.1) is 0 Å². The number of ether oxygens (including phenoxy) is 1. The number of allylic oxidation sites excluding steroid dienone is 2. The Bertz CT molecular complexity index is 1400. The fourth-order valence-electron chi connectivity index (χ4n) is 4.73. The molecule has 2 aromatic heterocycles. The molecular weight excluding hydrogens is 414 g/mol. The van der Waals surface area contributed by atoms with Crippen molar-refractivity contribution in [2.75, 3.05) is 19.0 Å². The van der Waals surface area contributed by atoms with E-state index in [1.54, 1.807) is 10.8 Å². The fourth-order valence-corrected chi connectivity index (χ4v) is 4.73. The minimum atomic E-state index is -0.276. The van der Waals surface area contributed by atoms with Gasteiger partial charge in [-0.25, -0.2) is 14.5 Å². The molecule has 164 valence electrons. The first kappa shape index (κ1) is 19.7. The Hall–Kier alpha value is -4.00. The van der Waals surface area contributed by atoms with Gasteiger partial charge in [0.05, 0.1) is 5.56 Å². The predicted octanol–water partition coefficient (Wildman–Crippen LogP) is 4.39. The summed E-state index contributed by atoms with van der Waals surface area (Å²) in [5.74, 6) is 1.71. The van der Waals surface area contributed by atoms with Crippen molar-refractivity contribution in [3.63, 3.8) is 0 Å². The van der Waals surface area contributed by atoms with E-state index < -0.39 is 0 Å². The first-order valence-corrected chi connectivity index (χ1v) is 11.1. The minimum absolute atomic E-state index is 0.136. The normalized spacial score (nSPS) is 17.5. The highest BCUT2D eigenvalue weighted by atomic mass is 16.5. The van der Waals surface area contributed by atoms with Crippen LogP contribution in [-0.2, 0) is 4.79 Å². The maximum Gasteiger partial charge on any atom is 0.228 e. The van der Waals surface area contributed by atoms with E-state index in [0.29, 0.717) is 23.8 Å². The molecule has 2 aromatic carbocycles. The molecule has 1 aliphatic heterocycles. The van der Waals surface area contributed by atoms with Crippen LogP contribution in [0.15, 0.2) is 72.3 Å². The highest BCUT2D eigenvalue weighted by Gasteiger charge is 2.39. The molecule has 0 bridgehead atoms. The van der Waals surface area contributed by atoms with Crippen LogP contribution < -0.4 is 9.64 Å². The van der Waals surface area contributed by atoms with Gasteiger partial charge in [-0.1, -0.05) is 30.3 Å². The van der Waals surface area contributed by atoms with Crippen LogP contribution in [0.3, 0.4) is 0 Å². The molecule has 1 unspecified atom stereocenters. The summed E-state index contributed by atoms with van der Waals surface area (Å²) < 4.78 is 7.87. The first-order valence-electron chi connectivity index (χ1n) is 11.1. The zero-order chi connectivity index (χ0) is 22.5. The highest BCUT2D eigenvalue weighted by Crippen LogP contribution is 2.47. The highest BCUT2D eigenvalue weighted by molar-refractivity contribution is 6.00. The molecule has 33 heavy (non-hydrogen) atoms. The third kappa shape index (κ3) is 3.19. The average molecular weight is 438 g/mol. The lowest BCUT2D eigenvalue weighted by Gasteiger charge is -2.31. The molecule has 7 heteroatoms. The Morgan fingerprint density at radius 1 is 1.03 bits per heavy atom. The zero-order valence-electron chi connectivity index (χ0n) is 18.5. The van der Waals surface area contributed by atoms with Crippen LogP contribution in [0.2, 0.25) is 0 Å². The van der Waals surface area contributed by atoms with Gasteiger partial charge in [0.25, 0.3) is 0 Å². The topological polar surface area (TPSA) is 72.6 Å². The fraction of sp³-hybridized carbons (Fsp3) is 0.231. The molecule has 0 N–H and O–H groups in total. The van der Waals surface area contributed by atoms with E-state index in [9.17, 15) is 4.79 Å². The molecule has 0 saturated heterocycles. The van der Waals surface area contributed by atoms with E-state index in [0.717, 1.165) is 46.6 Å². The summed E-state index contributed by atoms with van der Waals surface area (Å²) in [6.45, 7) is 0. The first-order chi connectivity index (χ1) is 16.1. The van der Waals surface area contributed by atoms with Gasteiger partial charge < -0.3 is 9.64 Å². The van der Waals surface area contributed by atoms with Crippen molar-refractivity contribution in [3.05, 3.63) is 83.4 Å². The van der Waals surface area contributed by atoms with Crippen LogP contribution >= 0.6 is 0 Å². The number of Topliss-reactive ketones (excluding diaryl/α,β-unsaturated/α-hetero) is 1. The summed E-state index contributed by atoms with van der Waals surface area (Å²) in [4.78, 5) is 24.6. The van der Waals surface area contributed by atoms with Crippen molar-refractivity contribution in [1.82, 2.24) is 19.6 Å². The summed E-state index contributed by atoms with van der Waals surface area (Å²) in [5, 5.41) is 4.69. The molecule has 1 aliphatic carbocycles. The summed E-state index contributed by atoms with van der Waals surface area (Å²) in [7, 11) is 4.02. The third-order valence-electron chi connectivity index (χ3n) is 6.37. The number of anilines is 1. The van der Waals surface area contributed by atoms with Crippen molar-refractivity contribution in [2.45, 2.75) is 25.2 Å². The zero-order valence-corrected chi connectivity index (χ0v) is 18.5. The van der Waals surface area contributed by atoms with Gasteiger partial charge >= 0.3 is 0 Å². The van der Waals surface area contributed by atoms with Crippen LogP contribution in [0.1, 0.15) is 36.3 Å². The van der Waals surface area contributed by atoms with E-state index in [1.165, 1.54) is 0 Å². The van der Waals surface area contributed by atoms with Gasteiger partial charge in [0.2, 0.25) is 5.88 Å². The number of aromatic nitrogens is 4. The molecule has 0 radical (unpaired) electrons. The van der Waals surface area contributed by atoms with Crippen LogP contribution in [0.25, 0.3) is 17.0 Å². The molecule has 1 atom stereocenters. The van der Waals surface area contributed by atoms with Crippen LogP contribution in [0.5, 0.6) is 5.88 Å². The smallest absolute Gasteiger partial charge is 0.228 e. The molecule has 6 rings (SSSR count). The SMILES string of the molecule is CN(C)c1ccc(-c2nc3c4c(ncn3n2)OC2=C(C(=O)CCC2)C4c2ccccc2)cc1. The lowest BCUT2D eigenvalue weighted by atomic mass is 9.78. The molecule has 2 aliphatic rings.